The fraction of sp³-hybridized carbons (Fsp3) is 0.714. The Balaban J connectivity index is 2.31. The zero-order chi connectivity index (χ0) is 14.0. The van der Waals surface area contributed by atoms with E-state index in [1.807, 2.05) is 4.90 Å². The van der Waals surface area contributed by atoms with Gasteiger partial charge in [-0.1, -0.05) is 27.7 Å². The average molecular weight is 281 g/mol. The third kappa shape index (κ3) is 3.15. The molecule has 1 fully saturated rings. The van der Waals surface area contributed by atoms with Gasteiger partial charge in [0, 0.05) is 31.6 Å². The lowest BCUT2D eigenvalue weighted by atomic mass is 9.91. The van der Waals surface area contributed by atoms with E-state index in [2.05, 4.69) is 38.0 Å². The molecule has 0 aliphatic carbocycles. The molecule has 0 saturated carbocycles. The van der Waals surface area contributed by atoms with E-state index < -0.39 is 0 Å². The Labute approximate surface area is 119 Å². The molecular weight excluding hydrogens is 258 g/mol. The number of aromatic nitrogens is 1. The van der Waals surface area contributed by atoms with Gasteiger partial charge in [0.1, 0.15) is 4.88 Å². The lowest BCUT2D eigenvalue weighted by molar-refractivity contribution is 0.0738. The fourth-order valence-corrected chi connectivity index (χ4v) is 3.36. The quantitative estimate of drug-likeness (QED) is 0.902. The van der Waals surface area contributed by atoms with Crippen molar-refractivity contribution in [2.75, 3.05) is 26.2 Å². The maximum atomic E-state index is 12.7. The Morgan fingerprint density at radius 3 is 2.53 bits per heavy atom. The highest BCUT2D eigenvalue weighted by molar-refractivity contribution is 7.13. The predicted molar refractivity (Wildman–Crippen MR) is 79.0 cm³/mol. The minimum absolute atomic E-state index is 0.0804. The van der Waals surface area contributed by atoms with Crippen LogP contribution in [0.4, 0.5) is 0 Å². The van der Waals surface area contributed by atoms with Crippen molar-refractivity contribution in [1.29, 1.82) is 0 Å². The van der Waals surface area contributed by atoms with Crippen LogP contribution in [0.25, 0.3) is 0 Å². The molecule has 0 atom stereocenters. The molecule has 1 amide bonds. The molecule has 1 aromatic rings. The van der Waals surface area contributed by atoms with E-state index in [-0.39, 0.29) is 11.3 Å². The van der Waals surface area contributed by atoms with E-state index in [1.54, 1.807) is 11.3 Å². The van der Waals surface area contributed by atoms with Gasteiger partial charge in [0.15, 0.2) is 0 Å². The van der Waals surface area contributed by atoms with Crippen molar-refractivity contribution in [1.82, 2.24) is 15.2 Å². The maximum Gasteiger partial charge on any atom is 0.265 e. The van der Waals surface area contributed by atoms with Crippen LogP contribution in [0.2, 0.25) is 0 Å². The molecule has 106 valence electrons. The smallest absolute Gasteiger partial charge is 0.265 e. The molecule has 4 nitrogen and oxygen atoms in total. The number of carbonyl (C=O) groups is 1. The third-order valence-electron chi connectivity index (χ3n) is 3.28. The Bertz CT molecular complexity index is 456. The minimum atomic E-state index is -0.0804. The van der Waals surface area contributed by atoms with Crippen LogP contribution < -0.4 is 5.32 Å². The number of aryl methyl sites for hydroxylation is 1. The Morgan fingerprint density at radius 2 is 2.00 bits per heavy atom. The number of piperazine rings is 1. The molecule has 1 saturated heterocycles. The zero-order valence-corrected chi connectivity index (χ0v) is 13.1. The number of nitrogens with one attached hydrogen (secondary N) is 1. The van der Waals surface area contributed by atoms with Crippen molar-refractivity contribution in [3.05, 3.63) is 15.6 Å². The molecule has 0 aromatic carbocycles. The second-order valence-corrected chi connectivity index (χ2v) is 7.01. The molecule has 19 heavy (non-hydrogen) atoms. The normalized spacial score (nSPS) is 16.7. The first-order valence-corrected chi connectivity index (χ1v) is 7.75. The molecule has 1 aliphatic heterocycles. The summed E-state index contributed by atoms with van der Waals surface area (Å²) in [6.45, 7) is 11.8. The van der Waals surface area contributed by atoms with Gasteiger partial charge in [-0.05, 0) is 6.42 Å². The van der Waals surface area contributed by atoms with Crippen molar-refractivity contribution < 1.29 is 4.79 Å². The van der Waals surface area contributed by atoms with Gasteiger partial charge in [-0.15, -0.1) is 11.3 Å². The van der Waals surface area contributed by atoms with Crippen LogP contribution in [0.3, 0.4) is 0 Å². The summed E-state index contributed by atoms with van der Waals surface area (Å²) in [5.41, 5.74) is 0.876. The Hall–Kier alpha value is -0.940. The minimum Gasteiger partial charge on any atom is -0.335 e. The SMILES string of the molecule is CCc1nc(C(C)(C)C)c(C(=O)N2CCNCC2)s1. The van der Waals surface area contributed by atoms with Gasteiger partial charge in [0.05, 0.1) is 10.7 Å². The summed E-state index contributed by atoms with van der Waals surface area (Å²) < 4.78 is 0. The topological polar surface area (TPSA) is 45.2 Å². The molecule has 1 N–H and O–H groups in total. The lowest BCUT2D eigenvalue weighted by Gasteiger charge is -2.28. The van der Waals surface area contributed by atoms with Gasteiger partial charge in [-0.2, -0.15) is 0 Å². The summed E-state index contributed by atoms with van der Waals surface area (Å²) in [7, 11) is 0. The molecule has 2 rings (SSSR count). The Kier molecular flexibility index (Phi) is 4.26. The van der Waals surface area contributed by atoms with Crippen LogP contribution in [0.1, 0.15) is 48.1 Å². The summed E-state index contributed by atoms with van der Waals surface area (Å²) >= 11 is 1.57. The van der Waals surface area contributed by atoms with Gasteiger partial charge < -0.3 is 10.2 Å². The molecular formula is C14H23N3OS. The Morgan fingerprint density at radius 1 is 1.37 bits per heavy atom. The number of rotatable bonds is 2. The van der Waals surface area contributed by atoms with Crippen molar-refractivity contribution in [2.45, 2.75) is 39.5 Å². The number of hydrogen-bond acceptors (Lipinski definition) is 4. The lowest BCUT2D eigenvalue weighted by Crippen LogP contribution is -2.46. The third-order valence-corrected chi connectivity index (χ3v) is 4.47. The van der Waals surface area contributed by atoms with E-state index in [1.165, 1.54) is 0 Å². The molecule has 0 radical (unpaired) electrons. The van der Waals surface area contributed by atoms with Crippen LogP contribution in [0.15, 0.2) is 0 Å². The van der Waals surface area contributed by atoms with E-state index in [0.717, 1.165) is 48.2 Å². The van der Waals surface area contributed by atoms with Crippen molar-refractivity contribution in [2.24, 2.45) is 0 Å². The second kappa shape index (κ2) is 5.59. The molecule has 0 bridgehead atoms. The molecule has 0 unspecified atom stereocenters. The second-order valence-electron chi connectivity index (χ2n) is 5.93. The van der Waals surface area contributed by atoms with Crippen molar-refractivity contribution in [3.63, 3.8) is 0 Å². The van der Waals surface area contributed by atoms with E-state index in [9.17, 15) is 4.79 Å². The first-order chi connectivity index (χ1) is 8.93. The number of thiazole rings is 1. The van der Waals surface area contributed by atoms with Gasteiger partial charge in [0.2, 0.25) is 0 Å². The highest BCUT2D eigenvalue weighted by Gasteiger charge is 2.29. The number of amides is 1. The monoisotopic (exact) mass is 281 g/mol. The fourth-order valence-electron chi connectivity index (χ4n) is 2.18. The van der Waals surface area contributed by atoms with Crippen LogP contribution in [-0.2, 0) is 11.8 Å². The van der Waals surface area contributed by atoms with Gasteiger partial charge >= 0.3 is 0 Å². The van der Waals surface area contributed by atoms with Crippen LogP contribution in [0, 0.1) is 0 Å². The standard InChI is InChI=1S/C14H23N3OS/c1-5-10-16-12(14(2,3)4)11(19-10)13(18)17-8-6-15-7-9-17/h15H,5-9H2,1-4H3. The molecule has 0 spiro atoms. The summed E-state index contributed by atoms with van der Waals surface area (Å²) in [6, 6.07) is 0. The molecule has 5 heteroatoms. The average Bonchev–Trinajstić information content (AvgIpc) is 2.83. The van der Waals surface area contributed by atoms with Crippen LogP contribution in [0.5, 0.6) is 0 Å². The number of nitrogens with zero attached hydrogens (tertiary/aromatic N) is 2. The summed E-state index contributed by atoms with van der Waals surface area (Å²) in [5.74, 6) is 0.156. The van der Waals surface area contributed by atoms with Crippen molar-refractivity contribution in [3.8, 4) is 0 Å². The zero-order valence-electron chi connectivity index (χ0n) is 12.2. The predicted octanol–water partition coefficient (Wildman–Crippen LogP) is 2.05. The highest BCUT2D eigenvalue weighted by Crippen LogP contribution is 2.30. The first kappa shape index (κ1) is 14.5. The van der Waals surface area contributed by atoms with Crippen molar-refractivity contribution >= 4 is 17.2 Å². The van der Waals surface area contributed by atoms with Crippen LogP contribution >= 0.6 is 11.3 Å². The van der Waals surface area contributed by atoms with E-state index in [4.69, 9.17) is 0 Å². The summed E-state index contributed by atoms with van der Waals surface area (Å²) in [6.07, 6.45) is 0.891. The van der Waals surface area contributed by atoms with Gasteiger partial charge in [-0.3, -0.25) is 4.79 Å². The molecule has 2 heterocycles. The van der Waals surface area contributed by atoms with Gasteiger partial charge in [-0.25, -0.2) is 4.98 Å². The first-order valence-electron chi connectivity index (χ1n) is 6.93. The summed E-state index contributed by atoms with van der Waals surface area (Å²) in [4.78, 5) is 20.1. The van der Waals surface area contributed by atoms with Crippen LogP contribution in [-0.4, -0.2) is 42.0 Å². The van der Waals surface area contributed by atoms with Gasteiger partial charge in [0.25, 0.3) is 5.91 Å². The number of hydrogen-bond donors (Lipinski definition) is 1. The van der Waals surface area contributed by atoms with E-state index >= 15 is 0 Å². The number of carbonyl (C=O) groups excluding carboxylic acids is 1. The molecule has 1 aliphatic rings. The summed E-state index contributed by atoms with van der Waals surface area (Å²) in [5, 5.41) is 4.33. The largest absolute Gasteiger partial charge is 0.335 e. The molecule has 1 aromatic heterocycles. The highest BCUT2D eigenvalue weighted by atomic mass is 32.1. The maximum absolute atomic E-state index is 12.7. The van der Waals surface area contributed by atoms with E-state index in [0.29, 0.717) is 0 Å².